The van der Waals surface area contributed by atoms with Crippen LogP contribution >= 0.6 is 27.5 Å². The van der Waals surface area contributed by atoms with Gasteiger partial charge in [0.2, 0.25) is 0 Å². The summed E-state index contributed by atoms with van der Waals surface area (Å²) in [6.45, 7) is 4.17. The highest BCUT2D eigenvalue weighted by Gasteiger charge is 2.20. The Morgan fingerprint density at radius 3 is 2.70 bits per heavy atom. The number of halogens is 2. The minimum Gasteiger partial charge on any atom is -0.279 e. The van der Waals surface area contributed by atoms with Crippen molar-refractivity contribution in [1.82, 2.24) is 9.78 Å². The topological polar surface area (TPSA) is 64.0 Å². The highest BCUT2D eigenvalue weighted by atomic mass is 79.9. The molecule has 0 atom stereocenters. The Balaban J connectivity index is 2.35. The first-order chi connectivity index (χ1) is 9.33. The molecule has 5 nitrogen and oxygen atoms in total. The van der Waals surface area contributed by atoms with Gasteiger partial charge in [0, 0.05) is 17.2 Å². The normalized spacial score (nSPS) is 11.6. The summed E-state index contributed by atoms with van der Waals surface area (Å²) in [5, 5.41) is 4.57. The minimum atomic E-state index is -3.67. The van der Waals surface area contributed by atoms with Gasteiger partial charge in [-0.05, 0) is 48.0 Å². The van der Waals surface area contributed by atoms with Crippen molar-refractivity contribution in [3.05, 3.63) is 39.6 Å². The van der Waals surface area contributed by atoms with Gasteiger partial charge >= 0.3 is 0 Å². The Morgan fingerprint density at radius 1 is 1.45 bits per heavy atom. The molecule has 0 spiro atoms. The Morgan fingerprint density at radius 2 is 2.15 bits per heavy atom. The Hall–Kier alpha value is -1.05. The van der Waals surface area contributed by atoms with Crippen LogP contribution in [-0.2, 0) is 16.6 Å². The van der Waals surface area contributed by atoms with Crippen LogP contribution in [0.25, 0.3) is 0 Å². The van der Waals surface area contributed by atoms with Crippen molar-refractivity contribution in [2.75, 3.05) is 4.72 Å². The molecule has 0 unspecified atom stereocenters. The quantitative estimate of drug-likeness (QED) is 0.886. The molecule has 0 fully saturated rings. The highest BCUT2D eigenvalue weighted by Crippen LogP contribution is 2.27. The number of hydrogen-bond acceptors (Lipinski definition) is 3. The van der Waals surface area contributed by atoms with Crippen LogP contribution in [0.4, 0.5) is 5.69 Å². The number of anilines is 1. The molecular formula is C12H13BrClN3O2S. The van der Waals surface area contributed by atoms with E-state index >= 15 is 0 Å². The van der Waals surface area contributed by atoms with Gasteiger partial charge in [-0.2, -0.15) is 5.10 Å². The summed E-state index contributed by atoms with van der Waals surface area (Å²) in [6, 6.07) is 4.86. The first-order valence-corrected chi connectivity index (χ1v) is 8.51. The number of sulfonamides is 1. The van der Waals surface area contributed by atoms with E-state index in [4.69, 9.17) is 11.6 Å². The molecule has 0 bridgehead atoms. The zero-order valence-corrected chi connectivity index (χ0v) is 14.1. The van der Waals surface area contributed by atoms with E-state index in [0.717, 1.165) is 0 Å². The van der Waals surface area contributed by atoms with Gasteiger partial charge in [-0.25, -0.2) is 8.42 Å². The Bertz CT molecular complexity index is 743. The average Bonchev–Trinajstić information content (AvgIpc) is 2.76. The van der Waals surface area contributed by atoms with E-state index in [9.17, 15) is 8.42 Å². The van der Waals surface area contributed by atoms with E-state index in [1.807, 2.05) is 6.92 Å². The molecule has 0 amide bonds. The molecule has 108 valence electrons. The number of nitrogens with one attached hydrogen (secondary N) is 1. The van der Waals surface area contributed by atoms with Gasteiger partial charge < -0.3 is 0 Å². The van der Waals surface area contributed by atoms with Crippen LogP contribution < -0.4 is 4.72 Å². The number of rotatable bonds is 4. The summed E-state index contributed by atoms with van der Waals surface area (Å²) >= 11 is 9.20. The molecular weight excluding hydrogens is 366 g/mol. The van der Waals surface area contributed by atoms with Crippen LogP contribution in [0.5, 0.6) is 0 Å². The second-order valence-corrected chi connectivity index (χ2v) is 7.08. The van der Waals surface area contributed by atoms with Crippen LogP contribution in [0.15, 0.2) is 33.8 Å². The first-order valence-electron chi connectivity index (χ1n) is 5.85. The van der Waals surface area contributed by atoms with Crippen molar-refractivity contribution in [3.63, 3.8) is 0 Å². The number of benzene rings is 1. The summed E-state index contributed by atoms with van der Waals surface area (Å²) < 4.78 is 29.4. The average molecular weight is 379 g/mol. The van der Waals surface area contributed by atoms with Crippen molar-refractivity contribution in [1.29, 1.82) is 0 Å². The maximum atomic E-state index is 12.3. The van der Waals surface area contributed by atoms with Crippen molar-refractivity contribution in [2.45, 2.75) is 25.3 Å². The highest BCUT2D eigenvalue weighted by molar-refractivity contribution is 9.10. The van der Waals surface area contributed by atoms with Crippen molar-refractivity contribution >= 4 is 43.2 Å². The molecule has 1 aromatic heterocycles. The molecule has 1 heterocycles. The lowest BCUT2D eigenvalue weighted by molar-refractivity contribution is 0.600. The predicted octanol–water partition coefficient (Wildman–Crippen LogP) is 3.43. The zero-order chi connectivity index (χ0) is 14.9. The molecule has 2 aromatic rings. The predicted molar refractivity (Wildman–Crippen MR) is 82.6 cm³/mol. The fraction of sp³-hybridized carbons (Fsp3) is 0.250. The molecule has 0 aliphatic carbocycles. The summed E-state index contributed by atoms with van der Waals surface area (Å²) in [5.74, 6) is 0. The Labute approximate surface area is 131 Å². The maximum absolute atomic E-state index is 12.3. The molecule has 0 aliphatic heterocycles. The van der Waals surface area contributed by atoms with Crippen molar-refractivity contribution in [3.8, 4) is 0 Å². The van der Waals surface area contributed by atoms with Gasteiger partial charge in [0.25, 0.3) is 10.0 Å². The monoisotopic (exact) mass is 377 g/mol. The van der Waals surface area contributed by atoms with Crippen LogP contribution in [0.3, 0.4) is 0 Å². The third-order valence-electron chi connectivity index (χ3n) is 2.69. The molecule has 2 rings (SSSR count). The maximum Gasteiger partial charge on any atom is 0.265 e. The minimum absolute atomic E-state index is 0.165. The van der Waals surface area contributed by atoms with Crippen molar-refractivity contribution < 1.29 is 8.42 Å². The SMILES string of the molecule is CCn1cc(S(=O)(=O)Nc2ccc(Br)c(Cl)c2)c(C)n1. The van der Waals surface area contributed by atoms with E-state index in [1.54, 1.807) is 29.8 Å². The van der Waals surface area contributed by atoms with E-state index < -0.39 is 10.0 Å². The molecule has 8 heteroatoms. The second-order valence-electron chi connectivity index (χ2n) is 4.17. The fourth-order valence-corrected chi connectivity index (χ4v) is 3.36. The molecule has 0 saturated carbocycles. The number of aromatic nitrogens is 2. The lowest BCUT2D eigenvalue weighted by Gasteiger charge is -2.07. The molecule has 0 radical (unpaired) electrons. The third kappa shape index (κ3) is 3.16. The van der Waals surface area contributed by atoms with E-state index in [-0.39, 0.29) is 4.90 Å². The van der Waals surface area contributed by atoms with Gasteiger partial charge in [0.1, 0.15) is 4.90 Å². The number of aryl methyl sites for hydroxylation is 2. The Kier molecular flexibility index (Phi) is 4.41. The van der Waals surface area contributed by atoms with Gasteiger partial charge in [-0.1, -0.05) is 11.6 Å². The van der Waals surface area contributed by atoms with E-state index in [0.29, 0.717) is 27.4 Å². The molecule has 1 aromatic carbocycles. The third-order valence-corrected chi connectivity index (χ3v) is 5.40. The number of hydrogen-bond donors (Lipinski definition) is 1. The standard InChI is InChI=1S/C12H13BrClN3O2S/c1-3-17-7-12(8(2)15-17)20(18,19)16-9-4-5-10(13)11(14)6-9/h4-7,16H,3H2,1-2H3. The molecule has 20 heavy (non-hydrogen) atoms. The van der Waals surface area contributed by atoms with Gasteiger partial charge in [0.05, 0.1) is 16.4 Å². The molecule has 0 saturated heterocycles. The lowest BCUT2D eigenvalue weighted by atomic mass is 10.3. The van der Waals surface area contributed by atoms with Crippen LogP contribution in [-0.4, -0.2) is 18.2 Å². The fourth-order valence-electron chi connectivity index (χ4n) is 1.70. The van der Waals surface area contributed by atoms with Crippen LogP contribution in [0.2, 0.25) is 5.02 Å². The lowest BCUT2D eigenvalue weighted by Crippen LogP contribution is -2.13. The summed E-state index contributed by atoms with van der Waals surface area (Å²) in [4.78, 5) is 0.165. The molecule has 1 N–H and O–H groups in total. The zero-order valence-electron chi connectivity index (χ0n) is 10.9. The summed E-state index contributed by atoms with van der Waals surface area (Å²) in [6.07, 6.45) is 1.51. The van der Waals surface area contributed by atoms with Crippen molar-refractivity contribution in [2.24, 2.45) is 0 Å². The van der Waals surface area contributed by atoms with Crippen LogP contribution in [0, 0.1) is 6.92 Å². The van der Waals surface area contributed by atoms with Gasteiger partial charge in [0.15, 0.2) is 0 Å². The summed E-state index contributed by atoms with van der Waals surface area (Å²) in [5.41, 5.74) is 0.865. The first kappa shape index (κ1) is 15.3. The number of nitrogens with zero attached hydrogens (tertiary/aromatic N) is 2. The van der Waals surface area contributed by atoms with Crippen LogP contribution in [0.1, 0.15) is 12.6 Å². The van der Waals surface area contributed by atoms with E-state index in [2.05, 4.69) is 25.8 Å². The summed E-state index contributed by atoms with van der Waals surface area (Å²) in [7, 11) is -3.67. The van der Waals surface area contributed by atoms with Gasteiger partial charge in [-0.15, -0.1) is 0 Å². The van der Waals surface area contributed by atoms with Gasteiger partial charge in [-0.3, -0.25) is 9.40 Å². The largest absolute Gasteiger partial charge is 0.279 e. The smallest absolute Gasteiger partial charge is 0.265 e. The molecule has 0 aliphatic rings. The second kappa shape index (κ2) is 5.75. The van der Waals surface area contributed by atoms with E-state index in [1.165, 1.54) is 6.20 Å².